The van der Waals surface area contributed by atoms with E-state index in [2.05, 4.69) is 5.23 Å². The van der Waals surface area contributed by atoms with E-state index in [1.807, 2.05) is 18.2 Å². The first-order chi connectivity index (χ1) is 6.20. The lowest BCUT2D eigenvalue weighted by Gasteiger charge is -2.02. The highest BCUT2D eigenvalue weighted by atomic mass is 16.2. The Bertz CT molecular complexity index is 274. The summed E-state index contributed by atoms with van der Waals surface area (Å²) in [7, 11) is -0.646. The predicted octanol–water partition coefficient (Wildman–Crippen LogP) is 0.569. The molecular formula is C9H12BNO2. The molecule has 0 fully saturated rings. The Balaban J connectivity index is 2.50. The van der Waals surface area contributed by atoms with Gasteiger partial charge in [-0.2, -0.15) is 0 Å². The number of rotatable bonds is 4. The van der Waals surface area contributed by atoms with Crippen molar-refractivity contribution >= 4 is 12.8 Å². The fraction of sp³-hybridized carbons (Fsp3) is 0.222. The first-order valence-corrected chi connectivity index (χ1v) is 4.20. The van der Waals surface area contributed by atoms with Gasteiger partial charge >= 0.3 is 7.05 Å². The van der Waals surface area contributed by atoms with Gasteiger partial charge in [0.2, 0.25) is 0 Å². The van der Waals surface area contributed by atoms with Crippen LogP contribution >= 0.6 is 0 Å². The van der Waals surface area contributed by atoms with E-state index < -0.39 is 7.05 Å². The molecule has 0 bridgehead atoms. The minimum absolute atomic E-state index is 0.0125. The second-order valence-corrected chi connectivity index (χ2v) is 2.85. The summed E-state index contributed by atoms with van der Waals surface area (Å²) in [5.41, 5.74) is 0.663. The topological polar surface area (TPSA) is 49.3 Å². The van der Waals surface area contributed by atoms with E-state index in [-0.39, 0.29) is 12.3 Å². The van der Waals surface area contributed by atoms with Gasteiger partial charge in [0.05, 0.1) is 6.54 Å². The molecule has 0 saturated heterocycles. The van der Waals surface area contributed by atoms with Gasteiger partial charge in [-0.15, -0.1) is 0 Å². The van der Waals surface area contributed by atoms with Crippen LogP contribution in [0.4, 0.5) is 0 Å². The normalized spacial score (nSPS) is 9.69. The molecule has 0 amide bonds. The highest BCUT2D eigenvalue weighted by Gasteiger charge is 2.07. The quantitative estimate of drug-likeness (QED) is 0.522. The van der Waals surface area contributed by atoms with E-state index in [4.69, 9.17) is 5.02 Å². The molecule has 0 aromatic heterocycles. The lowest BCUT2D eigenvalue weighted by Crippen LogP contribution is -2.35. The van der Waals surface area contributed by atoms with Crippen LogP contribution in [0.3, 0.4) is 0 Å². The average molecular weight is 177 g/mol. The number of nitrogens with one attached hydrogen (secondary N) is 1. The van der Waals surface area contributed by atoms with E-state index >= 15 is 0 Å². The Labute approximate surface area is 77.9 Å². The van der Waals surface area contributed by atoms with Crippen molar-refractivity contribution in [2.24, 2.45) is 0 Å². The van der Waals surface area contributed by atoms with Gasteiger partial charge in [-0.25, -0.2) is 0 Å². The molecule has 1 rings (SSSR count). The van der Waals surface area contributed by atoms with Crippen molar-refractivity contribution in [3.05, 3.63) is 35.9 Å². The van der Waals surface area contributed by atoms with E-state index in [1.54, 1.807) is 19.0 Å². The summed E-state index contributed by atoms with van der Waals surface area (Å²) < 4.78 is 0. The van der Waals surface area contributed by atoms with Gasteiger partial charge in [0.1, 0.15) is 0 Å². The van der Waals surface area contributed by atoms with Crippen LogP contribution in [0.5, 0.6) is 0 Å². The van der Waals surface area contributed by atoms with E-state index in [0.717, 1.165) is 0 Å². The van der Waals surface area contributed by atoms with Gasteiger partial charge in [0.25, 0.3) is 0 Å². The molecule has 0 saturated carbocycles. The number of benzene rings is 1. The monoisotopic (exact) mass is 177 g/mol. The van der Waals surface area contributed by atoms with Crippen molar-refractivity contribution in [3.63, 3.8) is 0 Å². The van der Waals surface area contributed by atoms with E-state index in [9.17, 15) is 4.79 Å². The summed E-state index contributed by atoms with van der Waals surface area (Å²) in [6.07, 6.45) is 0. The Morgan fingerprint density at radius 2 is 2.08 bits per heavy atom. The van der Waals surface area contributed by atoms with Crippen molar-refractivity contribution in [1.29, 1.82) is 0 Å². The smallest absolute Gasteiger partial charge is 0.373 e. The van der Waals surface area contributed by atoms with Gasteiger partial charge in [-0.3, -0.25) is 4.79 Å². The maximum atomic E-state index is 11.4. The molecule has 13 heavy (non-hydrogen) atoms. The molecule has 0 heterocycles. The number of Topliss-reactive ketones (excluding diaryl/α,β-unsaturated/α-hetero) is 1. The molecule has 1 aromatic rings. The standard InChI is InChI=1S/C9H12BNO2/c1-10(13)11-7-9(12)8-5-3-2-4-6-8/h2-6,11,13H,7H2,1H3. The Hall–Kier alpha value is -1.13. The minimum atomic E-state index is -0.646. The summed E-state index contributed by atoms with van der Waals surface area (Å²) in [4.78, 5) is 11.4. The molecule has 0 spiro atoms. The highest BCUT2D eigenvalue weighted by Crippen LogP contribution is 1.98. The van der Waals surface area contributed by atoms with Crippen molar-refractivity contribution in [2.75, 3.05) is 6.54 Å². The van der Waals surface area contributed by atoms with Crippen molar-refractivity contribution in [3.8, 4) is 0 Å². The molecule has 3 nitrogen and oxygen atoms in total. The zero-order valence-corrected chi connectivity index (χ0v) is 7.53. The fourth-order valence-electron chi connectivity index (χ4n) is 0.967. The lowest BCUT2D eigenvalue weighted by molar-refractivity contribution is 0.0995. The SMILES string of the molecule is CB(O)NCC(=O)c1ccccc1. The number of carbonyl (C=O) groups excluding carboxylic acids is 1. The molecule has 68 valence electrons. The number of hydrogen-bond donors (Lipinski definition) is 2. The molecule has 0 aliphatic carbocycles. The third-order valence-electron chi connectivity index (χ3n) is 1.65. The summed E-state index contributed by atoms with van der Waals surface area (Å²) in [5, 5.41) is 11.5. The van der Waals surface area contributed by atoms with Crippen LogP contribution in [0.1, 0.15) is 10.4 Å². The molecule has 0 aliphatic rings. The zero-order chi connectivity index (χ0) is 9.68. The zero-order valence-electron chi connectivity index (χ0n) is 7.53. The van der Waals surface area contributed by atoms with Gasteiger partial charge < -0.3 is 10.3 Å². The molecule has 0 atom stereocenters. The summed E-state index contributed by atoms with van der Waals surface area (Å²) in [5.74, 6) is -0.0125. The van der Waals surface area contributed by atoms with Gasteiger partial charge in [0, 0.05) is 5.56 Å². The van der Waals surface area contributed by atoms with Gasteiger partial charge in [0.15, 0.2) is 5.78 Å². The van der Waals surface area contributed by atoms with Crippen molar-refractivity contribution in [1.82, 2.24) is 5.23 Å². The van der Waals surface area contributed by atoms with Crippen LogP contribution < -0.4 is 5.23 Å². The van der Waals surface area contributed by atoms with E-state index in [0.29, 0.717) is 5.56 Å². The minimum Gasteiger partial charge on any atom is -0.437 e. The number of ketones is 1. The summed E-state index contributed by atoms with van der Waals surface area (Å²) in [6, 6.07) is 9.00. The maximum Gasteiger partial charge on any atom is 0.373 e. The second kappa shape index (κ2) is 4.79. The molecule has 0 radical (unpaired) electrons. The molecule has 2 N–H and O–H groups in total. The van der Waals surface area contributed by atoms with Crippen LogP contribution in [0.15, 0.2) is 30.3 Å². The summed E-state index contributed by atoms with van der Waals surface area (Å²) in [6.45, 7) is 1.75. The Morgan fingerprint density at radius 1 is 1.46 bits per heavy atom. The molecule has 4 heteroatoms. The Morgan fingerprint density at radius 3 is 2.62 bits per heavy atom. The van der Waals surface area contributed by atoms with Crippen molar-refractivity contribution in [2.45, 2.75) is 6.82 Å². The molecular weight excluding hydrogens is 165 g/mol. The van der Waals surface area contributed by atoms with Crippen LogP contribution in [0.2, 0.25) is 6.82 Å². The third kappa shape index (κ3) is 3.40. The van der Waals surface area contributed by atoms with Crippen molar-refractivity contribution < 1.29 is 9.82 Å². The van der Waals surface area contributed by atoms with Crippen LogP contribution in [-0.2, 0) is 0 Å². The number of hydrogen-bond acceptors (Lipinski definition) is 3. The molecule has 0 aliphatic heterocycles. The maximum absolute atomic E-state index is 11.4. The highest BCUT2D eigenvalue weighted by molar-refractivity contribution is 6.45. The average Bonchev–Trinajstić information content (AvgIpc) is 2.15. The van der Waals surface area contributed by atoms with Crippen LogP contribution in [-0.4, -0.2) is 24.4 Å². The largest absolute Gasteiger partial charge is 0.437 e. The van der Waals surface area contributed by atoms with E-state index in [1.165, 1.54) is 0 Å². The summed E-state index contributed by atoms with van der Waals surface area (Å²) >= 11 is 0. The second-order valence-electron chi connectivity index (χ2n) is 2.85. The fourth-order valence-corrected chi connectivity index (χ4v) is 0.967. The predicted molar refractivity (Wildman–Crippen MR) is 52.6 cm³/mol. The van der Waals surface area contributed by atoms with Gasteiger partial charge in [-0.1, -0.05) is 30.3 Å². The van der Waals surface area contributed by atoms with Crippen LogP contribution in [0.25, 0.3) is 0 Å². The lowest BCUT2D eigenvalue weighted by atomic mass is 9.88. The first kappa shape index (κ1) is 9.96. The van der Waals surface area contributed by atoms with Gasteiger partial charge in [-0.05, 0) is 6.82 Å². The molecule has 0 unspecified atom stereocenters. The first-order valence-electron chi connectivity index (χ1n) is 4.20. The number of carbonyl (C=O) groups is 1. The Kier molecular flexibility index (Phi) is 3.67. The third-order valence-corrected chi connectivity index (χ3v) is 1.65. The molecule has 1 aromatic carbocycles. The van der Waals surface area contributed by atoms with Crippen LogP contribution in [0, 0.1) is 0 Å².